The molecule has 0 aromatic carbocycles. The molecule has 2 aliphatic carbocycles. The zero-order valence-corrected chi connectivity index (χ0v) is 11.7. The highest BCUT2D eigenvalue weighted by molar-refractivity contribution is 4.99. The SMILES string of the molecule is CN(CC1CCOCC1)CC1C2CCC(C2)C1N. The second kappa shape index (κ2) is 5.48. The molecular formula is C15H28N2O. The molecule has 4 unspecified atom stereocenters. The van der Waals surface area contributed by atoms with E-state index in [0.29, 0.717) is 6.04 Å². The quantitative estimate of drug-likeness (QED) is 0.828. The van der Waals surface area contributed by atoms with Crippen LogP contribution in [0.4, 0.5) is 0 Å². The molecule has 0 spiro atoms. The van der Waals surface area contributed by atoms with Gasteiger partial charge in [0.05, 0.1) is 0 Å². The Hall–Kier alpha value is -0.120. The van der Waals surface area contributed by atoms with Crippen molar-refractivity contribution in [2.24, 2.45) is 29.4 Å². The van der Waals surface area contributed by atoms with Gasteiger partial charge >= 0.3 is 0 Å². The highest BCUT2D eigenvalue weighted by atomic mass is 16.5. The van der Waals surface area contributed by atoms with Gasteiger partial charge in [-0.25, -0.2) is 0 Å². The predicted octanol–water partition coefficient (Wildman–Crippen LogP) is 1.72. The van der Waals surface area contributed by atoms with Crippen molar-refractivity contribution in [3.05, 3.63) is 0 Å². The van der Waals surface area contributed by atoms with Gasteiger partial charge in [0.25, 0.3) is 0 Å². The number of nitrogens with zero attached hydrogens (tertiary/aromatic N) is 1. The zero-order valence-electron chi connectivity index (χ0n) is 11.7. The third-order valence-electron chi connectivity index (χ3n) is 5.59. The minimum Gasteiger partial charge on any atom is -0.381 e. The van der Waals surface area contributed by atoms with Gasteiger partial charge < -0.3 is 15.4 Å². The second-order valence-corrected chi connectivity index (χ2v) is 6.85. The smallest absolute Gasteiger partial charge is 0.0469 e. The van der Waals surface area contributed by atoms with Crippen LogP contribution >= 0.6 is 0 Å². The van der Waals surface area contributed by atoms with Crippen molar-refractivity contribution in [1.82, 2.24) is 4.90 Å². The number of nitrogens with two attached hydrogens (primary N) is 1. The summed E-state index contributed by atoms with van der Waals surface area (Å²) in [6.45, 7) is 4.39. The molecule has 3 fully saturated rings. The van der Waals surface area contributed by atoms with E-state index in [1.54, 1.807) is 0 Å². The first-order chi connectivity index (χ1) is 8.74. The number of rotatable bonds is 4. The summed E-state index contributed by atoms with van der Waals surface area (Å²) in [6, 6.07) is 0.487. The molecule has 2 N–H and O–H groups in total. The highest BCUT2D eigenvalue weighted by Gasteiger charge is 2.45. The zero-order chi connectivity index (χ0) is 12.5. The van der Waals surface area contributed by atoms with Crippen molar-refractivity contribution < 1.29 is 4.74 Å². The predicted molar refractivity (Wildman–Crippen MR) is 73.3 cm³/mol. The first-order valence-corrected chi connectivity index (χ1v) is 7.76. The highest BCUT2D eigenvalue weighted by Crippen LogP contribution is 2.47. The van der Waals surface area contributed by atoms with Crippen molar-refractivity contribution in [2.45, 2.75) is 38.1 Å². The Morgan fingerprint density at radius 2 is 1.78 bits per heavy atom. The molecule has 0 aromatic heterocycles. The lowest BCUT2D eigenvalue weighted by Crippen LogP contribution is -2.43. The second-order valence-electron chi connectivity index (χ2n) is 6.85. The van der Waals surface area contributed by atoms with Gasteiger partial charge in [-0.2, -0.15) is 0 Å². The summed E-state index contributed by atoms with van der Waals surface area (Å²) in [5, 5.41) is 0. The van der Waals surface area contributed by atoms with E-state index in [-0.39, 0.29) is 0 Å². The van der Waals surface area contributed by atoms with E-state index in [9.17, 15) is 0 Å². The Labute approximate surface area is 111 Å². The van der Waals surface area contributed by atoms with Gasteiger partial charge in [0.2, 0.25) is 0 Å². The van der Waals surface area contributed by atoms with Gasteiger partial charge in [0, 0.05) is 32.3 Å². The fraction of sp³-hybridized carbons (Fsp3) is 1.00. The minimum absolute atomic E-state index is 0.487. The lowest BCUT2D eigenvalue weighted by atomic mass is 9.84. The van der Waals surface area contributed by atoms with Crippen molar-refractivity contribution >= 4 is 0 Å². The van der Waals surface area contributed by atoms with Crippen LogP contribution < -0.4 is 5.73 Å². The summed E-state index contributed by atoms with van der Waals surface area (Å²) in [4.78, 5) is 2.54. The van der Waals surface area contributed by atoms with Crippen LogP contribution in [-0.2, 0) is 4.74 Å². The van der Waals surface area contributed by atoms with E-state index in [1.807, 2.05) is 0 Å². The summed E-state index contributed by atoms with van der Waals surface area (Å²) >= 11 is 0. The van der Waals surface area contributed by atoms with Crippen LogP contribution in [0.2, 0.25) is 0 Å². The van der Waals surface area contributed by atoms with Crippen molar-refractivity contribution in [3.63, 3.8) is 0 Å². The van der Waals surface area contributed by atoms with Crippen LogP contribution in [0.25, 0.3) is 0 Å². The fourth-order valence-electron chi connectivity index (χ4n) is 4.53. The molecule has 3 nitrogen and oxygen atoms in total. The number of fused-ring (bicyclic) bond motifs is 2. The maximum absolute atomic E-state index is 6.40. The number of ether oxygens (including phenoxy) is 1. The summed E-state index contributed by atoms with van der Waals surface area (Å²) < 4.78 is 5.43. The molecule has 3 heteroatoms. The van der Waals surface area contributed by atoms with Gasteiger partial charge in [-0.1, -0.05) is 0 Å². The Morgan fingerprint density at radius 3 is 2.44 bits per heavy atom. The largest absolute Gasteiger partial charge is 0.381 e. The lowest BCUT2D eigenvalue weighted by Gasteiger charge is -2.34. The van der Waals surface area contributed by atoms with E-state index < -0.39 is 0 Å². The van der Waals surface area contributed by atoms with Gasteiger partial charge in [-0.3, -0.25) is 0 Å². The average molecular weight is 252 g/mol. The van der Waals surface area contributed by atoms with E-state index >= 15 is 0 Å². The molecule has 0 aromatic rings. The van der Waals surface area contributed by atoms with Gasteiger partial charge in [0.1, 0.15) is 0 Å². The molecule has 1 heterocycles. The van der Waals surface area contributed by atoms with E-state index in [0.717, 1.165) is 36.9 Å². The van der Waals surface area contributed by atoms with Gasteiger partial charge in [-0.15, -0.1) is 0 Å². The van der Waals surface area contributed by atoms with E-state index in [2.05, 4.69) is 11.9 Å². The normalized spacial score (nSPS) is 40.8. The molecule has 2 bridgehead atoms. The summed E-state index contributed by atoms with van der Waals surface area (Å²) in [5.74, 6) is 3.39. The maximum atomic E-state index is 6.40. The number of hydrogen-bond donors (Lipinski definition) is 1. The molecule has 3 aliphatic rings. The molecule has 18 heavy (non-hydrogen) atoms. The molecular weight excluding hydrogens is 224 g/mol. The lowest BCUT2D eigenvalue weighted by molar-refractivity contribution is 0.0521. The molecule has 4 atom stereocenters. The van der Waals surface area contributed by atoms with Crippen LogP contribution in [0.5, 0.6) is 0 Å². The van der Waals surface area contributed by atoms with Crippen LogP contribution in [0.3, 0.4) is 0 Å². The summed E-state index contributed by atoms with van der Waals surface area (Å²) in [5.41, 5.74) is 6.40. The Morgan fingerprint density at radius 1 is 1.06 bits per heavy atom. The molecule has 104 valence electrons. The average Bonchev–Trinajstić information content (AvgIpc) is 2.94. The maximum Gasteiger partial charge on any atom is 0.0469 e. The Kier molecular flexibility index (Phi) is 3.92. The van der Waals surface area contributed by atoms with Crippen molar-refractivity contribution in [3.8, 4) is 0 Å². The third kappa shape index (κ3) is 2.59. The fourth-order valence-corrected chi connectivity index (χ4v) is 4.53. The molecule has 2 saturated carbocycles. The van der Waals surface area contributed by atoms with Crippen LogP contribution in [0, 0.1) is 23.7 Å². The Balaban J connectivity index is 1.47. The van der Waals surface area contributed by atoms with Gasteiger partial charge in [-0.05, 0) is 62.8 Å². The number of hydrogen-bond acceptors (Lipinski definition) is 3. The van der Waals surface area contributed by atoms with Crippen molar-refractivity contribution in [1.29, 1.82) is 0 Å². The molecule has 0 radical (unpaired) electrons. The Bertz CT molecular complexity index is 276. The molecule has 1 saturated heterocycles. The molecule has 0 amide bonds. The topological polar surface area (TPSA) is 38.5 Å². The van der Waals surface area contributed by atoms with Gasteiger partial charge in [0.15, 0.2) is 0 Å². The van der Waals surface area contributed by atoms with Crippen LogP contribution in [0.15, 0.2) is 0 Å². The standard InChI is InChI=1S/C15H28N2O/c1-17(9-11-4-6-18-7-5-11)10-14-12-2-3-13(8-12)15(14)16/h11-15H,2-10,16H2,1H3. The van der Waals surface area contributed by atoms with E-state index in [4.69, 9.17) is 10.5 Å². The van der Waals surface area contributed by atoms with Crippen LogP contribution in [0.1, 0.15) is 32.1 Å². The third-order valence-corrected chi connectivity index (χ3v) is 5.59. The first-order valence-electron chi connectivity index (χ1n) is 7.76. The minimum atomic E-state index is 0.487. The van der Waals surface area contributed by atoms with E-state index in [1.165, 1.54) is 45.2 Å². The van der Waals surface area contributed by atoms with Crippen LogP contribution in [-0.4, -0.2) is 44.3 Å². The summed E-state index contributed by atoms with van der Waals surface area (Å²) in [7, 11) is 2.29. The molecule has 3 rings (SSSR count). The summed E-state index contributed by atoms with van der Waals surface area (Å²) in [6.07, 6.45) is 6.73. The molecule has 1 aliphatic heterocycles. The van der Waals surface area contributed by atoms with Crippen molar-refractivity contribution in [2.75, 3.05) is 33.4 Å². The first kappa shape index (κ1) is 12.9. The monoisotopic (exact) mass is 252 g/mol.